The highest BCUT2D eigenvalue weighted by atomic mass is 16.3. The summed E-state index contributed by atoms with van der Waals surface area (Å²) in [6, 6.07) is 61.8. The summed E-state index contributed by atoms with van der Waals surface area (Å²) >= 11 is 0. The summed E-state index contributed by atoms with van der Waals surface area (Å²) in [7, 11) is 0. The molecule has 0 spiro atoms. The van der Waals surface area contributed by atoms with Crippen LogP contribution >= 0.6 is 0 Å². The molecule has 11 aromatic rings. The van der Waals surface area contributed by atoms with E-state index in [1.165, 1.54) is 0 Å². The number of fused-ring (bicyclic) bond motifs is 6. The number of benzene rings is 7. The maximum absolute atomic E-state index is 6.58. The van der Waals surface area contributed by atoms with E-state index < -0.39 is 0 Å². The molecule has 4 aromatic heterocycles. The number of furan rings is 1. The van der Waals surface area contributed by atoms with Crippen molar-refractivity contribution < 1.29 is 4.42 Å². The van der Waals surface area contributed by atoms with Gasteiger partial charge in [-0.1, -0.05) is 146 Å². The van der Waals surface area contributed by atoms with Crippen molar-refractivity contribution in [2.75, 3.05) is 0 Å². The second-order valence-electron chi connectivity index (χ2n) is 13.7. The molecule has 11 rings (SSSR count). The van der Waals surface area contributed by atoms with Crippen LogP contribution < -0.4 is 0 Å². The lowest BCUT2D eigenvalue weighted by Crippen LogP contribution is -2.03. The quantitative estimate of drug-likeness (QED) is 0.170. The molecule has 0 unspecified atom stereocenters. The van der Waals surface area contributed by atoms with Crippen LogP contribution in [0.4, 0.5) is 0 Å². The van der Waals surface area contributed by atoms with E-state index >= 15 is 0 Å². The van der Waals surface area contributed by atoms with Crippen molar-refractivity contribution in [2.24, 2.45) is 0 Å². The van der Waals surface area contributed by atoms with E-state index in [0.717, 1.165) is 60.7 Å². The Balaban J connectivity index is 1.18. The van der Waals surface area contributed by atoms with Gasteiger partial charge in [0.15, 0.2) is 34.6 Å². The van der Waals surface area contributed by atoms with Crippen molar-refractivity contribution in [2.45, 2.75) is 0 Å². The van der Waals surface area contributed by atoms with Crippen molar-refractivity contribution in [3.8, 4) is 62.5 Å². The molecular weight excluding hydrogens is 689 g/mol. The molecule has 0 aliphatic rings. The van der Waals surface area contributed by atoms with Crippen LogP contribution in [-0.4, -0.2) is 29.5 Å². The maximum atomic E-state index is 6.58. The van der Waals surface area contributed by atoms with Crippen LogP contribution in [0.3, 0.4) is 0 Å². The lowest BCUT2D eigenvalue weighted by molar-refractivity contribution is 0.666. The maximum Gasteiger partial charge on any atom is 0.186 e. The lowest BCUT2D eigenvalue weighted by atomic mass is 10.0. The fourth-order valence-electron chi connectivity index (χ4n) is 7.68. The van der Waals surface area contributed by atoms with Gasteiger partial charge in [-0.25, -0.2) is 24.9 Å². The molecule has 0 atom stereocenters. The summed E-state index contributed by atoms with van der Waals surface area (Å²) in [5.41, 5.74) is 10.4. The Morgan fingerprint density at radius 3 is 1.68 bits per heavy atom. The van der Waals surface area contributed by atoms with Crippen molar-refractivity contribution in [1.82, 2.24) is 29.5 Å². The Hall–Kier alpha value is -7.77. The molecule has 56 heavy (non-hydrogen) atoms. The number of hydrogen-bond acceptors (Lipinski definition) is 6. The molecule has 0 aliphatic heterocycles. The predicted octanol–water partition coefficient (Wildman–Crippen LogP) is 12.0. The minimum Gasteiger partial charge on any atom is -0.452 e. The molecule has 0 aliphatic carbocycles. The standard InChI is InChI=1S/C49H30N6O/c1-4-15-31(16-5-1)32-27-29-34(30-28-32)47-52-46(33-17-6-2-7-18-33)53-49(54-47)43-45-42(38-22-11-13-26-41(38)56-45)50-48(51-43)39-24-14-23-37-36-21-10-12-25-40(36)55(44(37)39)35-19-8-3-9-20-35/h1-30H. The molecule has 0 bridgehead atoms. The third kappa shape index (κ3) is 5.25. The zero-order valence-corrected chi connectivity index (χ0v) is 29.9. The SMILES string of the molecule is c1ccc(-c2ccc(-c3nc(-c4ccccc4)nc(-c4nc(-c5cccc6c7ccccc7n(-c7ccccc7)c56)nc5c4oc4ccccc45)n3)cc2)cc1. The van der Waals surface area contributed by atoms with Crippen LogP contribution in [0.15, 0.2) is 186 Å². The summed E-state index contributed by atoms with van der Waals surface area (Å²) in [5, 5.41) is 3.14. The van der Waals surface area contributed by atoms with Gasteiger partial charge in [0.1, 0.15) is 11.1 Å². The van der Waals surface area contributed by atoms with Crippen LogP contribution in [-0.2, 0) is 0 Å². The third-order valence-corrected chi connectivity index (χ3v) is 10.3. The van der Waals surface area contributed by atoms with Gasteiger partial charge in [-0.3, -0.25) is 0 Å². The first-order valence-electron chi connectivity index (χ1n) is 18.5. The normalized spacial score (nSPS) is 11.6. The monoisotopic (exact) mass is 718 g/mol. The van der Waals surface area contributed by atoms with Crippen LogP contribution in [0.2, 0.25) is 0 Å². The number of aromatic nitrogens is 6. The van der Waals surface area contributed by atoms with E-state index in [2.05, 4.69) is 108 Å². The molecule has 0 saturated heterocycles. The van der Waals surface area contributed by atoms with E-state index in [-0.39, 0.29) is 0 Å². The first kappa shape index (κ1) is 31.7. The Kier molecular flexibility index (Phi) is 7.35. The van der Waals surface area contributed by atoms with Crippen molar-refractivity contribution in [3.05, 3.63) is 182 Å². The van der Waals surface area contributed by atoms with Crippen LogP contribution in [0, 0.1) is 0 Å². The summed E-state index contributed by atoms with van der Waals surface area (Å²) in [6.45, 7) is 0. The Morgan fingerprint density at radius 1 is 0.375 bits per heavy atom. The zero-order chi connectivity index (χ0) is 37.0. The highest BCUT2D eigenvalue weighted by molar-refractivity contribution is 6.14. The van der Waals surface area contributed by atoms with Crippen molar-refractivity contribution in [1.29, 1.82) is 0 Å². The Labute approximate surface area is 321 Å². The number of hydrogen-bond donors (Lipinski definition) is 0. The van der Waals surface area contributed by atoms with Gasteiger partial charge in [-0.05, 0) is 47.5 Å². The largest absolute Gasteiger partial charge is 0.452 e. The fourth-order valence-corrected chi connectivity index (χ4v) is 7.68. The van der Waals surface area contributed by atoms with Crippen molar-refractivity contribution >= 4 is 43.9 Å². The first-order chi connectivity index (χ1) is 27.8. The van der Waals surface area contributed by atoms with E-state index in [1.807, 2.05) is 78.9 Å². The minimum atomic E-state index is 0.393. The molecule has 7 aromatic carbocycles. The molecule has 4 heterocycles. The molecular formula is C49H30N6O. The van der Waals surface area contributed by atoms with Gasteiger partial charge in [0.2, 0.25) is 0 Å². The summed E-state index contributed by atoms with van der Waals surface area (Å²) in [6.07, 6.45) is 0. The molecule has 0 saturated carbocycles. The molecule has 0 N–H and O–H groups in total. The zero-order valence-electron chi connectivity index (χ0n) is 29.9. The van der Waals surface area contributed by atoms with Gasteiger partial charge < -0.3 is 8.98 Å². The van der Waals surface area contributed by atoms with Gasteiger partial charge in [0, 0.05) is 38.5 Å². The average molecular weight is 719 g/mol. The van der Waals surface area contributed by atoms with E-state index in [4.69, 9.17) is 29.3 Å². The number of nitrogens with zero attached hydrogens (tertiary/aromatic N) is 6. The Bertz CT molecular complexity index is 3230. The number of para-hydroxylation sites is 4. The lowest BCUT2D eigenvalue weighted by Gasteiger charge is -2.12. The van der Waals surface area contributed by atoms with Gasteiger partial charge in [0.05, 0.1) is 11.0 Å². The number of rotatable bonds is 6. The van der Waals surface area contributed by atoms with E-state index in [1.54, 1.807) is 0 Å². The smallest absolute Gasteiger partial charge is 0.186 e. The summed E-state index contributed by atoms with van der Waals surface area (Å²) in [4.78, 5) is 25.9. The second kappa shape index (κ2) is 13.0. The van der Waals surface area contributed by atoms with Gasteiger partial charge in [-0.2, -0.15) is 0 Å². The topological polar surface area (TPSA) is 82.5 Å². The van der Waals surface area contributed by atoms with Crippen molar-refractivity contribution in [3.63, 3.8) is 0 Å². The van der Waals surface area contributed by atoms with Crippen LogP contribution in [0.1, 0.15) is 0 Å². The third-order valence-electron chi connectivity index (χ3n) is 10.3. The highest BCUT2D eigenvalue weighted by Gasteiger charge is 2.24. The Morgan fingerprint density at radius 2 is 0.929 bits per heavy atom. The molecule has 0 amide bonds. The minimum absolute atomic E-state index is 0.393. The van der Waals surface area contributed by atoms with Crippen LogP contribution in [0.25, 0.3) is 106 Å². The molecule has 7 heteroatoms. The fraction of sp³-hybridized carbons (Fsp3) is 0. The molecule has 0 fully saturated rings. The average Bonchev–Trinajstić information content (AvgIpc) is 3.83. The van der Waals surface area contributed by atoms with E-state index in [9.17, 15) is 0 Å². The van der Waals surface area contributed by atoms with Gasteiger partial charge in [-0.15, -0.1) is 0 Å². The summed E-state index contributed by atoms with van der Waals surface area (Å²) < 4.78 is 8.88. The molecule has 262 valence electrons. The second-order valence-corrected chi connectivity index (χ2v) is 13.7. The highest BCUT2D eigenvalue weighted by Crippen LogP contribution is 2.40. The van der Waals surface area contributed by atoms with Gasteiger partial charge in [0.25, 0.3) is 0 Å². The summed E-state index contributed by atoms with van der Waals surface area (Å²) in [5.74, 6) is 2.00. The predicted molar refractivity (Wildman–Crippen MR) is 224 cm³/mol. The molecule has 7 nitrogen and oxygen atoms in total. The molecule has 0 radical (unpaired) electrons. The van der Waals surface area contributed by atoms with E-state index in [0.29, 0.717) is 45.7 Å². The van der Waals surface area contributed by atoms with Gasteiger partial charge >= 0.3 is 0 Å². The first-order valence-corrected chi connectivity index (χ1v) is 18.5. The van der Waals surface area contributed by atoms with Crippen LogP contribution in [0.5, 0.6) is 0 Å².